The monoisotopic (exact) mass is 376 g/mol. The van der Waals surface area contributed by atoms with Gasteiger partial charge in [-0.25, -0.2) is 4.68 Å². The van der Waals surface area contributed by atoms with E-state index in [9.17, 15) is 9.59 Å². The lowest BCUT2D eigenvalue weighted by atomic mass is 10.0. The molecule has 0 aliphatic rings. The fourth-order valence-corrected chi connectivity index (χ4v) is 3.02. The molecule has 0 spiro atoms. The second-order valence-electron chi connectivity index (χ2n) is 6.58. The summed E-state index contributed by atoms with van der Waals surface area (Å²) in [5.74, 6) is -0.241. The Balaban J connectivity index is 1.49. The second-order valence-corrected chi connectivity index (χ2v) is 6.58. The number of hydrogen-bond acceptors (Lipinski definition) is 3. The summed E-state index contributed by atoms with van der Waals surface area (Å²) < 4.78 is 1.80. The second kappa shape index (κ2) is 9.50. The van der Waals surface area contributed by atoms with Crippen LogP contribution < -0.4 is 10.6 Å². The Morgan fingerprint density at radius 1 is 1.04 bits per heavy atom. The minimum Gasteiger partial charge on any atom is -0.356 e. The minimum atomic E-state index is -0.327. The zero-order chi connectivity index (χ0) is 19.8. The lowest BCUT2D eigenvalue weighted by molar-refractivity contribution is -0.122. The van der Waals surface area contributed by atoms with E-state index in [1.165, 1.54) is 6.92 Å². The SMILES string of the molecule is CC(=O)NC(CC(=O)NCCc1ccc(-n2cccn2)cc1)c1ccccc1. The fourth-order valence-electron chi connectivity index (χ4n) is 3.02. The van der Waals surface area contributed by atoms with Crippen LogP contribution >= 0.6 is 0 Å². The van der Waals surface area contributed by atoms with Crippen molar-refractivity contribution >= 4 is 11.8 Å². The summed E-state index contributed by atoms with van der Waals surface area (Å²) >= 11 is 0. The first-order valence-corrected chi connectivity index (χ1v) is 9.29. The molecule has 0 fully saturated rings. The maximum atomic E-state index is 12.3. The van der Waals surface area contributed by atoms with Crippen molar-refractivity contribution in [2.24, 2.45) is 0 Å². The van der Waals surface area contributed by atoms with Crippen LogP contribution in [0.2, 0.25) is 0 Å². The number of nitrogens with zero attached hydrogens (tertiary/aromatic N) is 2. The van der Waals surface area contributed by atoms with E-state index in [4.69, 9.17) is 0 Å². The van der Waals surface area contributed by atoms with E-state index in [1.54, 1.807) is 10.9 Å². The molecule has 1 unspecified atom stereocenters. The van der Waals surface area contributed by atoms with Gasteiger partial charge in [-0.05, 0) is 35.7 Å². The largest absolute Gasteiger partial charge is 0.356 e. The predicted octanol–water partition coefficient (Wildman–Crippen LogP) is 2.80. The third-order valence-corrected chi connectivity index (χ3v) is 4.41. The van der Waals surface area contributed by atoms with Gasteiger partial charge in [0, 0.05) is 25.9 Å². The van der Waals surface area contributed by atoms with Crippen LogP contribution in [0.15, 0.2) is 73.1 Å². The Hall–Kier alpha value is -3.41. The average Bonchev–Trinajstić information content (AvgIpc) is 3.23. The van der Waals surface area contributed by atoms with Crippen LogP contribution in [0.1, 0.15) is 30.5 Å². The standard InChI is InChI=1S/C22H24N4O2/c1-17(27)25-21(19-6-3-2-4-7-19)16-22(28)23-14-12-18-8-10-20(11-9-18)26-15-5-13-24-26/h2-11,13,15,21H,12,14,16H2,1H3,(H,23,28)(H,25,27). The van der Waals surface area contributed by atoms with Gasteiger partial charge in [0.2, 0.25) is 11.8 Å². The van der Waals surface area contributed by atoms with Crippen LogP contribution in [0, 0.1) is 0 Å². The van der Waals surface area contributed by atoms with Crippen molar-refractivity contribution in [3.8, 4) is 5.69 Å². The van der Waals surface area contributed by atoms with Gasteiger partial charge in [-0.3, -0.25) is 9.59 Å². The Kier molecular flexibility index (Phi) is 6.57. The molecule has 0 bridgehead atoms. The van der Waals surface area contributed by atoms with Gasteiger partial charge in [-0.2, -0.15) is 5.10 Å². The first-order valence-electron chi connectivity index (χ1n) is 9.29. The molecule has 1 atom stereocenters. The van der Waals surface area contributed by atoms with E-state index in [1.807, 2.05) is 66.9 Å². The van der Waals surface area contributed by atoms with E-state index >= 15 is 0 Å². The highest BCUT2D eigenvalue weighted by Crippen LogP contribution is 2.16. The maximum Gasteiger partial charge on any atom is 0.222 e. The van der Waals surface area contributed by atoms with Crippen molar-refractivity contribution in [1.82, 2.24) is 20.4 Å². The van der Waals surface area contributed by atoms with Crippen LogP contribution in [0.3, 0.4) is 0 Å². The first kappa shape index (κ1) is 19.4. The zero-order valence-electron chi connectivity index (χ0n) is 15.8. The van der Waals surface area contributed by atoms with Gasteiger partial charge in [0.25, 0.3) is 0 Å². The molecule has 6 nitrogen and oxygen atoms in total. The molecule has 2 amide bonds. The number of carbonyl (C=O) groups excluding carboxylic acids is 2. The Labute approximate surface area is 164 Å². The minimum absolute atomic E-state index is 0.0873. The molecule has 0 aliphatic carbocycles. The Bertz CT molecular complexity index is 890. The van der Waals surface area contributed by atoms with Crippen LogP contribution in [0.4, 0.5) is 0 Å². The van der Waals surface area contributed by atoms with Gasteiger partial charge in [0.05, 0.1) is 18.2 Å². The van der Waals surface area contributed by atoms with Crippen molar-refractivity contribution in [2.75, 3.05) is 6.54 Å². The molecular weight excluding hydrogens is 352 g/mol. The average molecular weight is 376 g/mol. The molecule has 1 aromatic heterocycles. The van der Waals surface area contributed by atoms with E-state index in [0.29, 0.717) is 6.54 Å². The molecule has 2 N–H and O–H groups in total. The highest BCUT2D eigenvalue weighted by Gasteiger charge is 2.16. The molecule has 28 heavy (non-hydrogen) atoms. The summed E-state index contributed by atoms with van der Waals surface area (Å²) in [5.41, 5.74) is 3.05. The number of rotatable bonds is 8. The van der Waals surface area contributed by atoms with Crippen molar-refractivity contribution in [3.63, 3.8) is 0 Å². The van der Waals surface area contributed by atoms with Crippen molar-refractivity contribution in [2.45, 2.75) is 25.8 Å². The smallest absolute Gasteiger partial charge is 0.222 e. The van der Waals surface area contributed by atoms with E-state index < -0.39 is 0 Å². The van der Waals surface area contributed by atoms with Crippen LogP contribution in [0.25, 0.3) is 5.69 Å². The molecule has 0 aliphatic heterocycles. The number of hydrogen-bond donors (Lipinski definition) is 2. The molecule has 6 heteroatoms. The highest BCUT2D eigenvalue weighted by molar-refractivity contribution is 5.79. The first-order chi connectivity index (χ1) is 13.6. The normalized spacial score (nSPS) is 11.6. The third-order valence-electron chi connectivity index (χ3n) is 4.41. The summed E-state index contributed by atoms with van der Waals surface area (Å²) in [6.45, 7) is 2.00. The summed E-state index contributed by atoms with van der Waals surface area (Å²) in [7, 11) is 0. The Morgan fingerprint density at radius 2 is 1.79 bits per heavy atom. The van der Waals surface area contributed by atoms with Gasteiger partial charge in [-0.1, -0.05) is 42.5 Å². The topological polar surface area (TPSA) is 76.0 Å². The number of aromatic nitrogens is 2. The summed E-state index contributed by atoms with van der Waals surface area (Å²) in [4.78, 5) is 23.8. The number of benzene rings is 2. The van der Waals surface area contributed by atoms with Gasteiger partial charge < -0.3 is 10.6 Å². The van der Waals surface area contributed by atoms with Gasteiger partial charge in [0.15, 0.2) is 0 Å². The van der Waals surface area contributed by atoms with Crippen molar-refractivity contribution in [3.05, 3.63) is 84.2 Å². The van der Waals surface area contributed by atoms with Crippen LogP contribution in [-0.2, 0) is 16.0 Å². The van der Waals surface area contributed by atoms with Gasteiger partial charge >= 0.3 is 0 Å². The lowest BCUT2D eigenvalue weighted by Crippen LogP contribution is -2.33. The number of amides is 2. The lowest BCUT2D eigenvalue weighted by Gasteiger charge is -2.18. The van der Waals surface area contributed by atoms with Gasteiger partial charge in [0.1, 0.15) is 0 Å². The van der Waals surface area contributed by atoms with Crippen LogP contribution in [0.5, 0.6) is 0 Å². The summed E-state index contributed by atoms with van der Waals surface area (Å²) in [6, 6.07) is 19.2. The van der Waals surface area contributed by atoms with Gasteiger partial charge in [-0.15, -0.1) is 0 Å². The number of carbonyl (C=O) groups is 2. The maximum absolute atomic E-state index is 12.3. The van der Waals surface area contributed by atoms with E-state index in [2.05, 4.69) is 15.7 Å². The fraction of sp³-hybridized carbons (Fsp3) is 0.227. The van der Waals surface area contributed by atoms with E-state index in [-0.39, 0.29) is 24.3 Å². The molecule has 0 saturated heterocycles. The van der Waals surface area contributed by atoms with Crippen molar-refractivity contribution < 1.29 is 9.59 Å². The predicted molar refractivity (Wildman–Crippen MR) is 108 cm³/mol. The molecule has 3 aromatic rings. The molecule has 0 radical (unpaired) electrons. The summed E-state index contributed by atoms with van der Waals surface area (Å²) in [5, 5.41) is 9.99. The molecule has 0 saturated carbocycles. The molecule has 3 rings (SSSR count). The molecule has 144 valence electrons. The summed E-state index contributed by atoms with van der Waals surface area (Å²) in [6.07, 6.45) is 4.59. The quantitative estimate of drug-likeness (QED) is 0.635. The van der Waals surface area contributed by atoms with E-state index in [0.717, 1.165) is 23.2 Å². The number of nitrogens with one attached hydrogen (secondary N) is 2. The zero-order valence-corrected chi connectivity index (χ0v) is 15.8. The highest BCUT2D eigenvalue weighted by atomic mass is 16.2. The van der Waals surface area contributed by atoms with Crippen LogP contribution in [-0.4, -0.2) is 28.1 Å². The molecule has 2 aromatic carbocycles. The molecule has 1 heterocycles. The van der Waals surface area contributed by atoms with Crippen molar-refractivity contribution in [1.29, 1.82) is 0 Å². The molecular formula is C22H24N4O2. The third kappa shape index (κ3) is 5.54. The Morgan fingerprint density at radius 3 is 2.43 bits per heavy atom.